The number of aliphatic hydroxyl groups excluding tert-OH is 1. The first kappa shape index (κ1) is 46.1. The van der Waals surface area contributed by atoms with Gasteiger partial charge in [0.25, 0.3) is 0 Å². The van der Waals surface area contributed by atoms with E-state index in [4.69, 9.17) is 9.84 Å². The van der Waals surface area contributed by atoms with Crippen LogP contribution in [0, 0.1) is 62.3 Å². The minimum absolute atomic E-state index is 0.354. The Morgan fingerprint density at radius 3 is 1.43 bits per heavy atom. The molecule has 5 heterocycles. The quantitative estimate of drug-likeness (QED) is 0.217. The lowest BCUT2D eigenvalue weighted by molar-refractivity contribution is -0.676. The fourth-order valence-corrected chi connectivity index (χ4v) is 4.21. The predicted molar refractivity (Wildman–Crippen MR) is 201 cm³/mol. The largest absolute Gasteiger partial charge is 0.463 e. The minimum atomic E-state index is -0.395. The van der Waals surface area contributed by atoms with Crippen LogP contribution in [0.15, 0.2) is 22.6 Å². The Bertz CT molecular complexity index is 1740. The predicted octanol–water partition coefficient (Wildman–Crippen LogP) is 5.20. The Kier molecular flexibility index (Phi) is 20.0. The molecule has 0 bridgehead atoms. The molecular weight excluding hydrogens is 650 g/mol. The lowest BCUT2D eigenvalue weighted by Gasteiger charge is -2.01. The average Bonchev–Trinajstić information content (AvgIpc) is 3.85. The second-order valence-corrected chi connectivity index (χ2v) is 11.9. The number of ether oxygens (including phenoxy) is 2. The summed E-state index contributed by atoms with van der Waals surface area (Å²) in [5, 5.41) is 7.00. The topological polar surface area (TPSA) is 158 Å². The number of rotatable bonds is 3. The van der Waals surface area contributed by atoms with Gasteiger partial charge in [0, 0.05) is 77.5 Å². The van der Waals surface area contributed by atoms with E-state index in [1.165, 1.54) is 35.5 Å². The summed E-state index contributed by atoms with van der Waals surface area (Å²) in [4.78, 5) is 42.0. The number of aromatic nitrogens is 8. The highest BCUT2D eigenvalue weighted by molar-refractivity contribution is 5.86. The van der Waals surface area contributed by atoms with Crippen molar-refractivity contribution in [3.05, 3.63) is 80.6 Å². The van der Waals surface area contributed by atoms with Crippen LogP contribution in [0.25, 0.3) is 0 Å². The number of imidazole rings is 4. The number of aliphatic imine (C=N–C) groups is 1. The van der Waals surface area contributed by atoms with E-state index in [9.17, 15) is 9.59 Å². The fourth-order valence-electron chi connectivity index (χ4n) is 4.21. The van der Waals surface area contributed by atoms with Gasteiger partial charge in [-0.25, -0.2) is 34.1 Å². The van der Waals surface area contributed by atoms with E-state index < -0.39 is 5.97 Å². The van der Waals surface area contributed by atoms with Crippen LogP contribution in [-0.4, -0.2) is 77.7 Å². The number of esters is 2. The van der Waals surface area contributed by atoms with Gasteiger partial charge in [0.1, 0.15) is 17.2 Å². The molecule has 0 aromatic carbocycles. The third-order valence-corrected chi connectivity index (χ3v) is 8.75. The second kappa shape index (κ2) is 22.1. The first-order chi connectivity index (χ1) is 23.8. The molecule has 4 aromatic rings. The summed E-state index contributed by atoms with van der Waals surface area (Å²) in [5.74, 6) is 1.06. The summed E-state index contributed by atoms with van der Waals surface area (Å²) in [5.41, 5.74) is 11.2. The van der Waals surface area contributed by atoms with Crippen molar-refractivity contribution in [3.8, 4) is 0 Å². The van der Waals surface area contributed by atoms with E-state index in [0.29, 0.717) is 18.3 Å². The molecule has 14 heteroatoms. The maximum Gasteiger partial charge on any atom is 0.374 e. The Balaban J connectivity index is 0.000000615. The van der Waals surface area contributed by atoms with Gasteiger partial charge < -0.3 is 28.3 Å². The summed E-state index contributed by atoms with van der Waals surface area (Å²) in [7, 11) is 10.0. The molecule has 1 aliphatic rings. The molecule has 0 saturated heterocycles. The van der Waals surface area contributed by atoms with Crippen LogP contribution in [-0.2, 0) is 37.7 Å². The number of aromatic amines is 1. The van der Waals surface area contributed by atoms with E-state index in [2.05, 4.69) is 66.5 Å². The van der Waals surface area contributed by atoms with Gasteiger partial charge in [0.2, 0.25) is 18.0 Å². The van der Waals surface area contributed by atoms with Gasteiger partial charge in [-0.1, -0.05) is 0 Å². The molecular formula is C37H62N9O5+. The lowest BCUT2D eigenvalue weighted by Crippen LogP contribution is -2.27. The highest BCUT2D eigenvalue weighted by atomic mass is 16.5. The van der Waals surface area contributed by atoms with Gasteiger partial charge in [-0.15, -0.1) is 0 Å². The molecule has 0 saturated carbocycles. The van der Waals surface area contributed by atoms with Crippen LogP contribution < -0.4 is 4.57 Å². The Morgan fingerprint density at radius 2 is 1.24 bits per heavy atom. The van der Waals surface area contributed by atoms with Crippen LogP contribution >= 0.6 is 0 Å². The van der Waals surface area contributed by atoms with Crippen molar-refractivity contribution in [2.45, 2.75) is 89.5 Å². The summed E-state index contributed by atoms with van der Waals surface area (Å²) >= 11 is 0. The van der Waals surface area contributed by atoms with Gasteiger partial charge in [-0.3, -0.25) is 4.99 Å². The van der Waals surface area contributed by atoms with E-state index in [1.807, 2.05) is 82.2 Å². The van der Waals surface area contributed by atoms with E-state index in [0.717, 1.165) is 47.8 Å². The van der Waals surface area contributed by atoms with Gasteiger partial charge in [-0.05, 0) is 74.8 Å². The number of allylic oxidation sites excluding steroid dienone is 2. The van der Waals surface area contributed by atoms with E-state index >= 15 is 0 Å². The number of hydrogen-bond donors (Lipinski definition) is 2. The van der Waals surface area contributed by atoms with Crippen LogP contribution in [0.3, 0.4) is 0 Å². The van der Waals surface area contributed by atoms with Crippen LogP contribution in [0.2, 0.25) is 0 Å². The zero-order valence-corrected chi connectivity index (χ0v) is 34.2. The Morgan fingerprint density at radius 1 is 0.784 bits per heavy atom. The molecule has 2 N–H and O–H groups in total. The van der Waals surface area contributed by atoms with Crippen molar-refractivity contribution in [2.24, 2.45) is 33.2 Å². The van der Waals surface area contributed by atoms with E-state index in [-0.39, 0.29) is 5.97 Å². The number of carbonyl (C=O) groups is 2. The number of hydrogen-bond acceptors (Lipinski definition) is 9. The standard InChI is InChI=1S/C9H14N2O2.C8H12N2O2.C7H12N2.C6H10N2.C6H9N.CH4O/c1-5-13-9(12)8-10-6(2)7(3)11(8)4;1-5-6(2)10(3)7(9-5)8(11)12-4;1-5-6(2)9(4)7(3)8-5;1-5-6(2)8(3)4-7-5;1-5-3-4-7-6(5)2;1-2/h5H2,1-4H3;1-4H3;1-4H3;4H,1-3H3;4H,3H2,1-2H3;2H,1H3/p+1. The van der Waals surface area contributed by atoms with E-state index in [1.54, 1.807) is 23.1 Å². The van der Waals surface area contributed by atoms with Crippen molar-refractivity contribution in [3.63, 3.8) is 0 Å². The van der Waals surface area contributed by atoms with Crippen LogP contribution in [0.4, 0.5) is 0 Å². The van der Waals surface area contributed by atoms with Crippen molar-refractivity contribution in [1.82, 2.24) is 33.6 Å². The lowest BCUT2D eigenvalue weighted by atomic mass is 10.2. The molecule has 0 spiro atoms. The summed E-state index contributed by atoms with van der Waals surface area (Å²) < 4.78 is 17.0. The zero-order valence-electron chi connectivity index (χ0n) is 34.2. The number of nitrogens with one attached hydrogen (secondary N) is 1. The first-order valence-electron chi connectivity index (χ1n) is 16.7. The van der Waals surface area contributed by atoms with Gasteiger partial charge >= 0.3 is 11.9 Å². The normalized spacial score (nSPS) is 11.0. The number of carbonyl (C=O) groups excluding carboxylic acids is 2. The molecule has 0 fully saturated rings. The zero-order chi connectivity index (χ0) is 39.7. The molecule has 1 aliphatic heterocycles. The number of aliphatic hydroxyl groups is 1. The van der Waals surface area contributed by atoms with Crippen molar-refractivity contribution >= 4 is 18.2 Å². The van der Waals surface area contributed by atoms with Gasteiger partial charge in [0.05, 0.1) is 37.8 Å². The highest BCUT2D eigenvalue weighted by Gasteiger charge is 2.16. The fraction of sp³-hybridized carbons (Fsp3) is 0.541. The maximum atomic E-state index is 11.3. The van der Waals surface area contributed by atoms with Crippen LogP contribution in [0.5, 0.6) is 0 Å². The molecule has 14 nitrogen and oxygen atoms in total. The molecule has 5 rings (SSSR count). The molecule has 0 radical (unpaired) electrons. The van der Waals surface area contributed by atoms with Crippen molar-refractivity contribution in [2.75, 3.05) is 20.8 Å². The summed E-state index contributed by atoms with van der Waals surface area (Å²) in [6, 6.07) is 0. The molecule has 4 aromatic heterocycles. The third-order valence-electron chi connectivity index (χ3n) is 8.75. The second-order valence-electron chi connectivity index (χ2n) is 11.9. The molecule has 284 valence electrons. The van der Waals surface area contributed by atoms with Gasteiger partial charge in [0.15, 0.2) is 0 Å². The Hall–Kier alpha value is -4.85. The monoisotopic (exact) mass is 712 g/mol. The number of nitrogens with zero attached hydrogens (tertiary/aromatic N) is 8. The summed E-state index contributed by atoms with van der Waals surface area (Å²) in [6.07, 6.45) is 4.96. The SMILES string of the molecule is CC1=C(C)N=CC1.CCOC(=O)c1nc(C)c(C)n1C.CO.COC(=O)c1nc(C)c(C)n1C.Cc1[nH]c[n+](C)c1C.Cc1nc(C)n(C)c1C. The van der Waals surface area contributed by atoms with Crippen molar-refractivity contribution in [1.29, 1.82) is 0 Å². The summed E-state index contributed by atoms with van der Waals surface area (Å²) in [6.45, 7) is 24.2. The Labute approximate surface area is 304 Å². The number of aryl methyl sites for hydroxylation is 6. The van der Waals surface area contributed by atoms with Gasteiger partial charge in [-0.2, -0.15) is 0 Å². The third kappa shape index (κ3) is 13.4. The maximum absolute atomic E-state index is 11.3. The van der Waals surface area contributed by atoms with Crippen molar-refractivity contribution < 1.29 is 28.7 Å². The van der Waals surface area contributed by atoms with Crippen LogP contribution in [0.1, 0.15) is 99.8 Å². The first-order valence-corrected chi connectivity index (χ1v) is 16.7. The smallest absolute Gasteiger partial charge is 0.374 e. The minimum Gasteiger partial charge on any atom is -0.463 e. The molecule has 51 heavy (non-hydrogen) atoms. The molecule has 0 unspecified atom stereocenters. The number of H-pyrrole nitrogens is 1. The molecule has 0 atom stereocenters. The molecule has 0 amide bonds. The number of methoxy groups -OCH3 is 1. The molecule has 0 aliphatic carbocycles. The highest BCUT2D eigenvalue weighted by Crippen LogP contribution is 2.13. The average molecular weight is 713 g/mol.